The van der Waals surface area contributed by atoms with E-state index in [4.69, 9.17) is 4.74 Å². The average molecular weight is 389 g/mol. The molecule has 0 unspecified atom stereocenters. The Hall–Kier alpha value is -1.45. The summed E-state index contributed by atoms with van der Waals surface area (Å²) in [6.45, 7) is 5.96. The van der Waals surface area contributed by atoms with Gasteiger partial charge in [0.2, 0.25) is 15.9 Å². The lowest BCUT2D eigenvalue weighted by molar-refractivity contribution is -0.120. The molecule has 1 amide bonds. The molecule has 1 aliphatic rings. The highest BCUT2D eigenvalue weighted by Crippen LogP contribution is 2.33. The van der Waals surface area contributed by atoms with Gasteiger partial charge in [-0.2, -0.15) is 4.31 Å². The standard InChI is InChI=1S/C16H24N2O5S2/c1-5-23-16(20)13-10(2)11(3)24-15(13)17-14(19)12-8-6-7-9-18(12)25(4,21)22/h12H,5-9H2,1-4H3,(H,17,19)/t12-/m1/s1. The molecular formula is C16H24N2O5S2. The molecule has 140 valence electrons. The highest BCUT2D eigenvalue weighted by atomic mass is 32.2. The van der Waals surface area contributed by atoms with E-state index in [9.17, 15) is 18.0 Å². The maximum Gasteiger partial charge on any atom is 0.341 e. The molecule has 2 heterocycles. The fourth-order valence-corrected chi connectivity index (χ4v) is 5.10. The van der Waals surface area contributed by atoms with E-state index in [1.165, 1.54) is 15.6 Å². The number of rotatable bonds is 5. The quantitative estimate of drug-likeness (QED) is 0.781. The zero-order chi connectivity index (χ0) is 18.8. The predicted molar refractivity (Wildman–Crippen MR) is 97.6 cm³/mol. The summed E-state index contributed by atoms with van der Waals surface area (Å²) in [7, 11) is -3.47. The minimum absolute atomic E-state index is 0.241. The molecule has 7 nitrogen and oxygen atoms in total. The van der Waals surface area contributed by atoms with E-state index in [2.05, 4.69) is 5.32 Å². The van der Waals surface area contributed by atoms with Crippen LogP contribution in [0.2, 0.25) is 0 Å². The van der Waals surface area contributed by atoms with Gasteiger partial charge in [0.1, 0.15) is 11.0 Å². The Labute approximate surface area is 152 Å². The number of thiophene rings is 1. The van der Waals surface area contributed by atoms with Gasteiger partial charge in [0.05, 0.1) is 18.4 Å². The van der Waals surface area contributed by atoms with E-state index in [0.717, 1.165) is 29.5 Å². The van der Waals surface area contributed by atoms with Crippen LogP contribution in [0.5, 0.6) is 0 Å². The number of sulfonamides is 1. The van der Waals surface area contributed by atoms with Crippen molar-refractivity contribution in [3.8, 4) is 0 Å². The molecule has 0 aliphatic carbocycles. The van der Waals surface area contributed by atoms with Crippen molar-refractivity contribution < 1.29 is 22.7 Å². The number of esters is 1. The molecule has 1 aliphatic heterocycles. The van der Waals surface area contributed by atoms with E-state index in [1.54, 1.807) is 13.8 Å². The Kier molecular flexibility index (Phi) is 6.23. The van der Waals surface area contributed by atoms with Crippen molar-refractivity contribution in [2.24, 2.45) is 0 Å². The Balaban J connectivity index is 2.28. The van der Waals surface area contributed by atoms with Crippen molar-refractivity contribution in [1.29, 1.82) is 0 Å². The molecule has 9 heteroatoms. The third-order valence-corrected chi connectivity index (χ3v) is 6.70. The van der Waals surface area contributed by atoms with E-state index < -0.39 is 27.9 Å². The largest absolute Gasteiger partial charge is 0.462 e. The third-order valence-electron chi connectivity index (χ3n) is 4.28. The molecular weight excluding hydrogens is 364 g/mol. The van der Waals surface area contributed by atoms with Crippen LogP contribution in [0.3, 0.4) is 0 Å². The van der Waals surface area contributed by atoms with Crippen LogP contribution in [0.25, 0.3) is 0 Å². The van der Waals surface area contributed by atoms with Crippen LogP contribution in [-0.4, -0.2) is 50.0 Å². The van der Waals surface area contributed by atoms with Crippen molar-refractivity contribution in [3.63, 3.8) is 0 Å². The first-order chi connectivity index (χ1) is 11.7. The first kappa shape index (κ1) is 19.9. The lowest BCUT2D eigenvalue weighted by Crippen LogP contribution is -2.49. The highest BCUT2D eigenvalue weighted by Gasteiger charge is 2.35. The molecule has 0 radical (unpaired) electrons. The lowest BCUT2D eigenvalue weighted by Gasteiger charge is -2.32. The Morgan fingerprint density at radius 3 is 2.60 bits per heavy atom. The van der Waals surface area contributed by atoms with Gasteiger partial charge in [0, 0.05) is 11.4 Å². The number of hydrogen-bond donors (Lipinski definition) is 1. The number of piperidine rings is 1. The predicted octanol–water partition coefficient (Wildman–Crippen LogP) is 2.29. The summed E-state index contributed by atoms with van der Waals surface area (Å²) in [5, 5.41) is 3.17. The maximum absolute atomic E-state index is 12.7. The van der Waals surface area contributed by atoms with Gasteiger partial charge < -0.3 is 10.1 Å². The van der Waals surface area contributed by atoms with Gasteiger partial charge in [0.15, 0.2) is 0 Å². The molecule has 1 fully saturated rings. The monoisotopic (exact) mass is 388 g/mol. The molecule has 25 heavy (non-hydrogen) atoms. The molecule has 1 N–H and O–H groups in total. The van der Waals surface area contributed by atoms with Gasteiger partial charge in [-0.3, -0.25) is 4.79 Å². The fraction of sp³-hybridized carbons (Fsp3) is 0.625. The van der Waals surface area contributed by atoms with Crippen molar-refractivity contribution in [1.82, 2.24) is 4.31 Å². The number of ether oxygens (including phenoxy) is 1. The second kappa shape index (κ2) is 7.84. The van der Waals surface area contributed by atoms with E-state index >= 15 is 0 Å². The van der Waals surface area contributed by atoms with Crippen LogP contribution in [0.1, 0.15) is 47.0 Å². The van der Waals surface area contributed by atoms with Crippen LogP contribution in [0, 0.1) is 13.8 Å². The smallest absolute Gasteiger partial charge is 0.341 e. The van der Waals surface area contributed by atoms with Gasteiger partial charge in [0.25, 0.3) is 0 Å². The Morgan fingerprint density at radius 2 is 2.00 bits per heavy atom. The number of amides is 1. The molecule has 1 aromatic rings. The van der Waals surface area contributed by atoms with Crippen LogP contribution in [-0.2, 0) is 19.6 Å². The van der Waals surface area contributed by atoms with Crippen LogP contribution in [0.4, 0.5) is 5.00 Å². The first-order valence-corrected chi connectivity index (χ1v) is 10.9. The second-order valence-corrected chi connectivity index (χ2v) is 9.24. The van der Waals surface area contributed by atoms with Crippen molar-refractivity contribution in [2.75, 3.05) is 24.7 Å². The lowest BCUT2D eigenvalue weighted by atomic mass is 10.0. The molecule has 1 saturated heterocycles. The van der Waals surface area contributed by atoms with Gasteiger partial charge in [-0.05, 0) is 39.2 Å². The number of aryl methyl sites for hydroxylation is 1. The minimum Gasteiger partial charge on any atom is -0.462 e. The number of carbonyl (C=O) groups excluding carboxylic acids is 2. The van der Waals surface area contributed by atoms with Gasteiger partial charge in [-0.1, -0.05) is 6.42 Å². The summed E-state index contributed by atoms with van der Waals surface area (Å²) in [6.07, 6.45) is 3.11. The van der Waals surface area contributed by atoms with Gasteiger partial charge >= 0.3 is 5.97 Å². The summed E-state index contributed by atoms with van der Waals surface area (Å²) >= 11 is 1.30. The van der Waals surface area contributed by atoms with Crippen molar-refractivity contribution >= 4 is 38.2 Å². The number of carbonyl (C=O) groups is 2. The van der Waals surface area contributed by atoms with Crippen LogP contribution >= 0.6 is 11.3 Å². The summed E-state index contributed by atoms with van der Waals surface area (Å²) < 4.78 is 30.2. The molecule has 2 rings (SSSR count). The fourth-order valence-electron chi connectivity index (χ4n) is 2.92. The Morgan fingerprint density at radius 1 is 1.32 bits per heavy atom. The summed E-state index contributed by atoms with van der Waals surface area (Å²) in [5.41, 5.74) is 1.11. The number of nitrogens with one attached hydrogen (secondary N) is 1. The molecule has 1 aromatic heterocycles. The molecule has 0 saturated carbocycles. The molecule has 0 aromatic carbocycles. The molecule has 1 atom stereocenters. The van der Waals surface area contributed by atoms with Crippen LogP contribution in [0.15, 0.2) is 0 Å². The summed E-state index contributed by atoms with van der Waals surface area (Å²) in [5.74, 6) is -0.889. The highest BCUT2D eigenvalue weighted by molar-refractivity contribution is 7.88. The van der Waals surface area contributed by atoms with E-state index in [0.29, 0.717) is 23.5 Å². The molecule has 0 bridgehead atoms. The van der Waals surface area contributed by atoms with E-state index in [-0.39, 0.29) is 6.61 Å². The second-order valence-electron chi connectivity index (χ2n) is 6.08. The zero-order valence-electron chi connectivity index (χ0n) is 14.9. The summed E-state index contributed by atoms with van der Waals surface area (Å²) in [4.78, 5) is 25.8. The van der Waals surface area contributed by atoms with Gasteiger partial charge in [-0.15, -0.1) is 11.3 Å². The topological polar surface area (TPSA) is 92.8 Å². The van der Waals surface area contributed by atoms with Crippen molar-refractivity contribution in [3.05, 3.63) is 16.0 Å². The normalized spacial score (nSPS) is 18.8. The minimum atomic E-state index is -3.47. The van der Waals surface area contributed by atoms with Crippen LogP contribution < -0.4 is 5.32 Å². The zero-order valence-corrected chi connectivity index (χ0v) is 16.6. The maximum atomic E-state index is 12.7. The SMILES string of the molecule is CCOC(=O)c1c(NC(=O)[C@H]2CCCCN2S(C)(=O)=O)sc(C)c1C. The Bertz CT molecular complexity index is 770. The number of nitrogens with zero attached hydrogens (tertiary/aromatic N) is 1. The third kappa shape index (κ3) is 4.39. The summed E-state index contributed by atoms with van der Waals surface area (Å²) in [6, 6.07) is -0.749. The van der Waals surface area contributed by atoms with Gasteiger partial charge in [-0.25, -0.2) is 13.2 Å². The number of hydrogen-bond acceptors (Lipinski definition) is 6. The average Bonchev–Trinajstić information content (AvgIpc) is 2.81. The molecule has 0 spiro atoms. The first-order valence-electron chi connectivity index (χ1n) is 8.21. The van der Waals surface area contributed by atoms with Crippen molar-refractivity contribution in [2.45, 2.75) is 46.1 Å². The number of anilines is 1. The van der Waals surface area contributed by atoms with E-state index in [1.807, 2.05) is 6.92 Å².